The molecule has 2 aromatic carbocycles. The molecule has 30 heavy (non-hydrogen) atoms. The average Bonchev–Trinajstić information content (AvgIpc) is 3.15. The molecule has 1 fully saturated rings. The number of carbonyl (C=O) groups is 1. The fourth-order valence-corrected chi connectivity index (χ4v) is 3.48. The van der Waals surface area contributed by atoms with E-state index >= 15 is 0 Å². The number of piperazine rings is 1. The number of carbonyl (C=O) groups excluding carboxylic acids is 1. The van der Waals surface area contributed by atoms with Gasteiger partial charge in [0.2, 0.25) is 5.89 Å². The minimum Gasteiger partial charge on any atom is -0.497 e. The molecular weight excluding hydrogens is 380 g/mol. The number of ether oxygens (including phenoxy) is 1. The minimum atomic E-state index is -0.0798. The van der Waals surface area contributed by atoms with E-state index in [-0.39, 0.29) is 6.03 Å². The molecule has 0 atom stereocenters. The number of aryl methyl sites for hydroxylation is 1. The van der Waals surface area contributed by atoms with Crippen molar-refractivity contribution in [3.8, 4) is 17.2 Å². The van der Waals surface area contributed by atoms with Gasteiger partial charge in [-0.1, -0.05) is 18.2 Å². The van der Waals surface area contributed by atoms with E-state index < -0.39 is 0 Å². The van der Waals surface area contributed by atoms with Crippen LogP contribution in [0.15, 0.2) is 59.0 Å². The molecule has 3 aromatic rings. The molecule has 1 saturated heterocycles. The number of urea groups is 1. The van der Waals surface area contributed by atoms with Gasteiger partial charge in [0, 0.05) is 44.0 Å². The van der Waals surface area contributed by atoms with Crippen LogP contribution in [-0.4, -0.2) is 54.1 Å². The van der Waals surface area contributed by atoms with Crippen molar-refractivity contribution in [3.05, 3.63) is 66.1 Å². The maximum Gasteiger partial charge on any atom is 0.321 e. The number of nitrogens with zero attached hydrogens (tertiary/aromatic N) is 3. The Morgan fingerprint density at radius 3 is 2.43 bits per heavy atom. The molecule has 1 N–H and O–H groups in total. The number of nitrogens with one attached hydrogen (secondary N) is 1. The molecular formula is C23H26N4O3. The summed E-state index contributed by atoms with van der Waals surface area (Å²) in [4.78, 5) is 21.4. The van der Waals surface area contributed by atoms with Gasteiger partial charge in [0.1, 0.15) is 11.5 Å². The Bertz CT molecular complexity index is 977. The van der Waals surface area contributed by atoms with Crippen molar-refractivity contribution in [3.63, 3.8) is 0 Å². The largest absolute Gasteiger partial charge is 0.497 e. The van der Waals surface area contributed by atoms with Crippen molar-refractivity contribution in [2.45, 2.75) is 13.5 Å². The van der Waals surface area contributed by atoms with E-state index in [0.29, 0.717) is 19.0 Å². The first-order chi connectivity index (χ1) is 14.6. The second-order valence-corrected chi connectivity index (χ2v) is 7.31. The number of hydrogen-bond acceptors (Lipinski definition) is 5. The highest BCUT2D eigenvalue weighted by atomic mass is 16.5. The second kappa shape index (κ2) is 9.00. The Balaban J connectivity index is 1.30. The van der Waals surface area contributed by atoms with Crippen LogP contribution in [0, 0.1) is 6.92 Å². The summed E-state index contributed by atoms with van der Waals surface area (Å²) >= 11 is 0. The molecule has 0 bridgehead atoms. The molecule has 4 rings (SSSR count). The van der Waals surface area contributed by atoms with Crippen molar-refractivity contribution < 1.29 is 13.9 Å². The quantitative estimate of drug-likeness (QED) is 0.693. The lowest BCUT2D eigenvalue weighted by Crippen LogP contribution is -2.49. The van der Waals surface area contributed by atoms with Crippen molar-refractivity contribution in [2.75, 3.05) is 38.6 Å². The summed E-state index contributed by atoms with van der Waals surface area (Å²) in [6.07, 6.45) is 0. The maximum atomic E-state index is 12.5. The third-order valence-electron chi connectivity index (χ3n) is 5.29. The number of oxazole rings is 1. The predicted molar refractivity (Wildman–Crippen MR) is 116 cm³/mol. The van der Waals surface area contributed by atoms with Crippen LogP contribution in [0.25, 0.3) is 11.5 Å². The summed E-state index contributed by atoms with van der Waals surface area (Å²) in [5, 5.41) is 2.94. The standard InChI is InChI=1S/C23H26N4O3/c1-17-21(25-22(30-17)18-6-4-3-5-7-18)16-26-12-14-27(15-13-26)23(28)24-19-8-10-20(29-2)11-9-19/h3-11H,12-16H2,1-2H3,(H,24,28). The zero-order valence-electron chi connectivity index (χ0n) is 17.3. The van der Waals surface area contributed by atoms with Crippen LogP contribution in [0.1, 0.15) is 11.5 Å². The van der Waals surface area contributed by atoms with Crippen LogP contribution in [0.2, 0.25) is 0 Å². The molecule has 7 nitrogen and oxygen atoms in total. The molecule has 0 spiro atoms. The Kier molecular flexibility index (Phi) is 5.99. The number of aromatic nitrogens is 1. The molecule has 0 unspecified atom stereocenters. The highest BCUT2D eigenvalue weighted by Crippen LogP contribution is 2.23. The Morgan fingerprint density at radius 2 is 1.77 bits per heavy atom. The van der Waals surface area contributed by atoms with Crippen LogP contribution in [0.3, 0.4) is 0 Å². The molecule has 0 radical (unpaired) electrons. The van der Waals surface area contributed by atoms with Gasteiger partial charge in [-0.3, -0.25) is 4.90 Å². The van der Waals surface area contributed by atoms with Crippen molar-refractivity contribution in [2.24, 2.45) is 0 Å². The monoisotopic (exact) mass is 406 g/mol. The van der Waals surface area contributed by atoms with Gasteiger partial charge in [-0.25, -0.2) is 9.78 Å². The van der Waals surface area contributed by atoms with E-state index in [1.54, 1.807) is 7.11 Å². The lowest BCUT2D eigenvalue weighted by atomic mass is 10.2. The number of rotatable bonds is 5. The van der Waals surface area contributed by atoms with Crippen LogP contribution < -0.4 is 10.1 Å². The highest BCUT2D eigenvalue weighted by Gasteiger charge is 2.23. The molecule has 1 aliphatic heterocycles. The van der Waals surface area contributed by atoms with Gasteiger partial charge in [0.15, 0.2) is 0 Å². The number of anilines is 1. The van der Waals surface area contributed by atoms with Gasteiger partial charge in [0.25, 0.3) is 0 Å². The average molecular weight is 406 g/mol. The lowest BCUT2D eigenvalue weighted by molar-refractivity contribution is 0.141. The number of amides is 2. The van der Waals surface area contributed by atoms with E-state index in [1.165, 1.54) is 0 Å². The molecule has 2 amide bonds. The van der Waals surface area contributed by atoms with Crippen LogP contribution >= 0.6 is 0 Å². The van der Waals surface area contributed by atoms with Gasteiger partial charge < -0.3 is 19.4 Å². The summed E-state index contributed by atoms with van der Waals surface area (Å²) in [6, 6.07) is 17.2. The predicted octanol–water partition coefficient (Wildman–Crippen LogP) is 4.01. The summed E-state index contributed by atoms with van der Waals surface area (Å²) < 4.78 is 11.0. The Morgan fingerprint density at radius 1 is 1.07 bits per heavy atom. The van der Waals surface area contributed by atoms with E-state index in [1.807, 2.05) is 66.4 Å². The van der Waals surface area contributed by atoms with E-state index in [0.717, 1.165) is 48.1 Å². The molecule has 7 heteroatoms. The first-order valence-electron chi connectivity index (χ1n) is 10.1. The first-order valence-corrected chi connectivity index (χ1v) is 10.1. The first kappa shape index (κ1) is 20.0. The summed E-state index contributed by atoms with van der Waals surface area (Å²) in [5.41, 5.74) is 2.69. The number of methoxy groups -OCH3 is 1. The van der Waals surface area contributed by atoms with Gasteiger partial charge in [-0.05, 0) is 43.3 Å². The number of benzene rings is 2. The fraction of sp³-hybridized carbons (Fsp3) is 0.304. The Hall–Kier alpha value is -3.32. The van der Waals surface area contributed by atoms with Crippen molar-refractivity contribution in [1.29, 1.82) is 0 Å². The molecule has 2 heterocycles. The smallest absolute Gasteiger partial charge is 0.321 e. The third kappa shape index (κ3) is 4.63. The summed E-state index contributed by atoms with van der Waals surface area (Å²) in [7, 11) is 1.62. The third-order valence-corrected chi connectivity index (χ3v) is 5.29. The summed E-state index contributed by atoms with van der Waals surface area (Å²) in [5.74, 6) is 2.26. The molecule has 1 aliphatic rings. The minimum absolute atomic E-state index is 0.0798. The molecule has 1 aromatic heterocycles. The zero-order valence-corrected chi connectivity index (χ0v) is 17.3. The zero-order chi connectivity index (χ0) is 20.9. The van der Waals surface area contributed by atoms with Crippen LogP contribution in [-0.2, 0) is 6.54 Å². The lowest BCUT2D eigenvalue weighted by Gasteiger charge is -2.34. The van der Waals surface area contributed by atoms with E-state index in [9.17, 15) is 4.79 Å². The Labute approximate surface area is 176 Å². The van der Waals surface area contributed by atoms with E-state index in [4.69, 9.17) is 9.15 Å². The normalized spacial score (nSPS) is 14.5. The fourth-order valence-electron chi connectivity index (χ4n) is 3.48. The van der Waals surface area contributed by atoms with Crippen LogP contribution in [0.4, 0.5) is 10.5 Å². The van der Waals surface area contributed by atoms with Gasteiger partial charge in [0.05, 0.1) is 12.8 Å². The van der Waals surface area contributed by atoms with Crippen LogP contribution in [0.5, 0.6) is 5.75 Å². The van der Waals surface area contributed by atoms with Crippen molar-refractivity contribution in [1.82, 2.24) is 14.8 Å². The molecule has 0 aliphatic carbocycles. The van der Waals surface area contributed by atoms with Gasteiger partial charge in [-0.2, -0.15) is 0 Å². The maximum absolute atomic E-state index is 12.5. The SMILES string of the molecule is COc1ccc(NC(=O)N2CCN(Cc3nc(-c4ccccc4)oc3C)CC2)cc1. The van der Waals surface area contributed by atoms with Gasteiger partial charge in [-0.15, -0.1) is 0 Å². The topological polar surface area (TPSA) is 70.8 Å². The van der Waals surface area contributed by atoms with Crippen molar-refractivity contribution >= 4 is 11.7 Å². The van der Waals surface area contributed by atoms with Gasteiger partial charge >= 0.3 is 6.03 Å². The molecule has 0 saturated carbocycles. The van der Waals surface area contributed by atoms with E-state index in [2.05, 4.69) is 15.2 Å². The molecule has 156 valence electrons. The number of hydrogen-bond donors (Lipinski definition) is 1. The second-order valence-electron chi connectivity index (χ2n) is 7.31. The highest BCUT2D eigenvalue weighted by molar-refractivity contribution is 5.89. The summed E-state index contributed by atoms with van der Waals surface area (Å²) in [6.45, 7) is 5.60.